The number of carbonyl (C=O) groups excluding carboxylic acids is 1. The normalized spacial score (nSPS) is 22.7. The number of nitrogens with zero attached hydrogens (tertiary/aromatic N) is 2. The van der Waals surface area contributed by atoms with Crippen LogP contribution in [0.3, 0.4) is 0 Å². The number of para-hydroxylation sites is 1. The van der Waals surface area contributed by atoms with Gasteiger partial charge in [-0.25, -0.2) is 0 Å². The van der Waals surface area contributed by atoms with Crippen LogP contribution in [0.5, 0.6) is 0 Å². The maximum absolute atomic E-state index is 11.1. The molecule has 0 saturated carbocycles. The van der Waals surface area contributed by atoms with Gasteiger partial charge in [0.15, 0.2) is 6.29 Å². The van der Waals surface area contributed by atoms with Crippen LogP contribution in [-0.4, -0.2) is 37.5 Å². The van der Waals surface area contributed by atoms with E-state index in [0.29, 0.717) is 0 Å². The molecule has 1 fully saturated rings. The third-order valence-electron chi connectivity index (χ3n) is 2.89. The summed E-state index contributed by atoms with van der Waals surface area (Å²) >= 11 is 0. The molecule has 1 aliphatic heterocycles. The predicted molar refractivity (Wildman–Crippen MR) is 60.9 cm³/mol. The number of hydrogen-bond acceptors (Lipinski definition) is 3. The van der Waals surface area contributed by atoms with Crippen LogP contribution in [-0.2, 0) is 4.79 Å². The van der Waals surface area contributed by atoms with Crippen molar-refractivity contribution in [3.63, 3.8) is 0 Å². The Kier molecular flexibility index (Phi) is 3.02. The first kappa shape index (κ1) is 10.2. The minimum Gasteiger partial charge on any atom is -0.350 e. The Morgan fingerprint density at radius 2 is 2.00 bits per heavy atom. The van der Waals surface area contributed by atoms with Gasteiger partial charge in [-0.1, -0.05) is 18.2 Å². The highest BCUT2D eigenvalue weighted by atomic mass is 16.1. The topological polar surface area (TPSA) is 23.6 Å². The van der Waals surface area contributed by atoms with Gasteiger partial charge in [-0.2, -0.15) is 0 Å². The molecule has 0 N–H and O–H groups in total. The van der Waals surface area contributed by atoms with Crippen molar-refractivity contribution in [3.8, 4) is 0 Å². The molecule has 80 valence electrons. The Labute approximate surface area is 90.3 Å². The van der Waals surface area contributed by atoms with Gasteiger partial charge in [-0.3, -0.25) is 9.69 Å². The van der Waals surface area contributed by atoms with Gasteiger partial charge in [0.25, 0.3) is 0 Å². The summed E-state index contributed by atoms with van der Waals surface area (Å²) < 4.78 is 0. The van der Waals surface area contributed by atoms with Gasteiger partial charge >= 0.3 is 0 Å². The van der Waals surface area contributed by atoms with Crippen molar-refractivity contribution in [3.05, 3.63) is 30.3 Å². The second-order valence-corrected chi connectivity index (χ2v) is 3.91. The molecule has 2 rings (SSSR count). The zero-order chi connectivity index (χ0) is 10.7. The van der Waals surface area contributed by atoms with Gasteiger partial charge in [0.2, 0.25) is 0 Å². The van der Waals surface area contributed by atoms with E-state index in [2.05, 4.69) is 21.9 Å². The molecule has 1 aliphatic rings. The predicted octanol–water partition coefficient (Wildman–Crippen LogP) is 1.35. The minimum absolute atomic E-state index is 0.110. The van der Waals surface area contributed by atoms with Crippen molar-refractivity contribution in [1.29, 1.82) is 0 Å². The van der Waals surface area contributed by atoms with E-state index in [1.165, 1.54) is 0 Å². The Bertz CT molecular complexity index is 326. The van der Waals surface area contributed by atoms with E-state index in [0.717, 1.165) is 31.5 Å². The molecule has 0 radical (unpaired) electrons. The molecule has 0 amide bonds. The van der Waals surface area contributed by atoms with Crippen molar-refractivity contribution < 1.29 is 4.79 Å². The fraction of sp³-hybridized carbons (Fsp3) is 0.417. The molecule has 3 heteroatoms. The molecule has 0 bridgehead atoms. The van der Waals surface area contributed by atoms with Crippen molar-refractivity contribution in [1.82, 2.24) is 4.90 Å². The molecule has 1 heterocycles. The third-order valence-corrected chi connectivity index (χ3v) is 2.89. The lowest BCUT2D eigenvalue weighted by Gasteiger charge is -2.40. The number of anilines is 1. The molecule has 15 heavy (non-hydrogen) atoms. The van der Waals surface area contributed by atoms with Gasteiger partial charge in [-0.15, -0.1) is 0 Å². The van der Waals surface area contributed by atoms with Gasteiger partial charge < -0.3 is 4.90 Å². The Morgan fingerprint density at radius 3 is 2.67 bits per heavy atom. The van der Waals surface area contributed by atoms with Crippen molar-refractivity contribution in [2.24, 2.45) is 0 Å². The smallest absolute Gasteiger partial charge is 0.157 e. The largest absolute Gasteiger partial charge is 0.350 e. The van der Waals surface area contributed by atoms with Crippen LogP contribution < -0.4 is 4.90 Å². The summed E-state index contributed by atoms with van der Waals surface area (Å²) in [5.74, 6) is 0. The number of likely N-dealkylation sites (N-methyl/N-ethyl adjacent to an activating group) is 1. The standard InChI is InChI=1S/C12H16N2O/c1-13-8-5-9-14(12(13)10-15)11-6-3-2-4-7-11/h2-4,6-7,10,12H,5,8-9H2,1H3. The molecule has 0 spiro atoms. The highest BCUT2D eigenvalue weighted by molar-refractivity contribution is 5.66. The molecule has 1 saturated heterocycles. The first-order valence-corrected chi connectivity index (χ1v) is 5.30. The second kappa shape index (κ2) is 4.45. The fourth-order valence-corrected chi connectivity index (χ4v) is 2.07. The zero-order valence-corrected chi connectivity index (χ0v) is 8.97. The average molecular weight is 204 g/mol. The maximum atomic E-state index is 11.1. The van der Waals surface area contributed by atoms with Gasteiger partial charge in [0.1, 0.15) is 6.17 Å². The molecule has 3 nitrogen and oxygen atoms in total. The van der Waals surface area contributed by atoms with Crippen LogP contribution in [0.25, 0.3) is 0 Å². The molecule has 0 aliphatic carbocycles. The molecule has 0 aromatic heterocycles. The molecule has 1 aromatic rings. The summed E-state index contributed by atoms with van der Waals surface area (Å²) in [7, 11) is 1.99. The Hall–Kier alpha value is -1.35. The number of carbonyl (C=O) groups is 1. The average Bonchev–Trinajstić information content (AvgIpc) is 2.30. The highest BCUT2D eigenvalue weighted by Crippen LogP contribution is 2.20. The van der Waals surface area contributed by atoms with Crippen LogP contribution in [0.2, 0.25) is 0 Å². The highest BCUT2D eigenvalue weighted by Gasteiger charge is 2.25. The lowest BCUT2D eigenvalue weighted by Crippen LogP contribution is -2.53. The molecule has 1 atom stereocenters. The number of hydrogen-bond donors (Lipinski definition) is 0. The summed E-state index contributed by atoms with van der Waals surface area (Å²) in [5.41, 5.74) is 1.13. The van der Waals surface area contributed by atoms with Crippen LogP contribution in [0.4, 0.5) is 5.69 Å². The van der Waals surface area contributed by atoms with Crippen LogP contribution in [0.15, 0.2) is 30.3 Å². The molecular formula is C12H16N2O. The van der Waals surface area contributed by atoms with Crippen LogP contribution in [0.1, 0.15) is 6.42 Å². The number of aldehydes is 1. The number of rotatable bonds is 2. The zero-order valence-electron chi connectivity index (χ0n) is 8.97. The summed E-state index contributed by atoms with van der Waals surface area (Å²) in [5, 5.41) is 0. The number of benzene rings is 1. The van der Waals surface area contributed by atoms with E-state index in [9.17, 15) is 4.79 Å². The van der Waals surface area contributed by atoms with E-state index < -0.39 is 0 Å². The van der Waals surface area contributed by atoms with Crippen LogP contribution >= 0.6 is 0 Å². The van der Waals surface area contributed by atoms with Gasteiger partial charge in [-0.05, 0) is 25.6 Å². The summed E-state index contributed by atoms with van der Waals surface area (Å²) in [6.07, 6.45) is 2.02. The van der Waals surface area contributed by atoms with E-state index in [-0.39, 0.29) is 6.17 Å². The summed E-state index contributed by atoms with van der Waals surface area (Å²) in [6, 6.07) is 10.1. The Balaban J connectivity index is 2.23. The fourth-order valence-electron chi connectivity index (χ4n) is 2.07. The maximum Gasteiger partial charge on any atom is 0.157 e. The molecular weight excluding hydrogens is 188 g/mol. The third kappa shape index (κ3) is 2.02. The molecule has 1 unspecified atom stereocenters. The summed E-state index contributed by atoms with van der Waals surface area (Å²) in [6.45, 7) is 1.95. The van der Waals surface area contributed by atoms with Gasteiger partial charge in [0, 0.05) is 18.8 Å². The molecule has 1 aromatic carbocycles. The lowest BCUT2D eigenvalue weighted by atomic mass is 10.2. The van der Waals surface area contributed by atoms with Crippen molar-refractivity contribution in [2.45, 2.75) is 12.6 Å². The van der Waals surface area contributed by atoms with E-state index >= 15 is 0 Å². The first-order chi connectivity index (χ1) is 7.33. The quantitative estimate of drug-likeness (QED) is 0.679. The SMILES string of the molecule is CN1CCCN(c2ccccc2)C1C=O. The van der Waals surface area contributed by atoms with E-state index in [1.54, 1.807) is 0 Å². The van der Waals surface area contributed by atoms with Gasteiger partial charge in [0.05, 0.1) is 0 Å². The lowest BCUT2D eigenvalue weighted by molar-refractivity contribution is -0.112. The van der Waals surface area contributed by atoms with Crippen LogP contribution in [0, 0.1) is 0 Å². The van der Waals surface area contributed by atoms with Crippen molar-refractivity contribution >= 4 is 12.0 Å². The monoisotopic (exact) mass is 204 g/mol. The minimum atomic E-state index is -0.110. The Morgan fingerprint density at radius 1 is 1.27 bits per heavy atom. The van der Waals surface area contributed by atoms with E-state index in [4.69, 9.17) is 0 Å². The second-order valence-electron chi connectivity index (χ2n) is 3.91. The first-order valence-electron chi connectivity index (χ1n) is 5.30. The van der Waals surface area contributed by atoms with Crippen molar-refractivity contribution in [2.75, 3.05) is 25.0 Å². The van der Waals surface area contributed by atoms with E-state index in [1.807, 2.05) is 25.2 Å². The summed E-state index contributed by atoms with van der Waals surface area (Å²) in [4.78, 5) is 15.3.